The minimum atomic E-state index is 0.739. The van der Waals surface area contributed by atoms with Crippen LogP contribution in [0.25, 0.3) is 0 Å². The zero-order valence-corrected chi connectivity index (χ0v) is 8.83. The van der Waals surface area contributed by atoms with E-state index in [9.17, 15) is 0 Å². The molecule has 0 N–H and O–H groups in total. The van der Waals surface area contributed by atoms with Crippen LogP contribution in [0.1, 0.15) is 25.3 Å². The summed E-state index contributed by atoms with van der Waals surface area (Å²) in [7, 11) is 0. The summed E-state index contributed by atoms with van der Waals surface area (Å²) in [5.74, 6) is 0.906. The van der Waals surface area contributed by atoms with Gasteiger partial charge in [-0.1, -0.05) is 43.8 Å². The maximum absolute atomic E-state index is 5.49. The smallest absolute Gasteiger partial charge is 0.0917 e. The fourth-order valence-electron chi connectivity index (χ4n) is 1.31. The summed E-state index contributed by atoms with van der Waals surface area (Å²) >= 11 is 0. The average Bonchev–Trinajstić information content (AvgIpc) is 2.20. The Kier molecular flexibility index (Phi) is 4.84. The van der Waals surface area contributed by atoms with E-state index >= 15 is 0 Å². The second kappa shape index (κ2) is 6.25. The highest BCUT2D eigenvalue weighted by molar-refractivity contribution is 5.14. The van der Waals surface area contributed by atoms with Crippen LogP contribution in [0, 0.1) is 0 Å². The van der Waals surface area contributed by atoms with Gasteiger partial charge < -0.3 is 4.74 Å². The van der Waals surface area contributed by atoms with Crippen molar-refractivity contribution in [3.63, 3.8) is 0 Å². The van der Waals surface area contributed by atoms with Crippen molar-refractivity contribution in [1.29, 1.82) is 0 Å². The van der Waals surface area contributed by atoms with Gasteiger partial charge in [-0.05, 0) is 12.0 Å². The Bertz CT molecular complexity index is 264. The summed E-state index contributed by atoms with van der Waals surface area (Å²) in [4.78, 5) is 0. The molecule has 0 saturated heterocycles. The van der Waals surface area contributed by atoms with Gasteiger partial charge in [0, 0.05) is 12.8 Å². The molecule has 14 heavy (non-hydrogen) atoms. The van der Waals surface area contributed by atoms with E-state index in [1.807, 2.05) is 6.07 Å². The van der Waals surface area contributed by atoms with Gasteiger partial charge in [-0.25, -0.2) is 0 Å². The lowest BCUT2D eigenvalue weighted by Gasteiger charge is -2.07. The fourth-order valence-corrected chi connectivity index (χ4v) is 1.31. The van der Waals surface area contributed by atoms with E-state index < -0.39 is 0 Å². The zero-order chi connectivity index (χ0) is 10.2. The van der Waals surface area contributed by atoms with Gasteiger partial charge in [0.05, 0.1) is 12.4 Å². The first-order valence-corrected chi connectivity index (χ1v) is 5.17. The van der Waals surface area contributed by atoms with Crippen LogP contribution in [0.3, 0.4) is 0 Å². The number of ether oxygens (including phenoxy) is 1. The van der Waals surface area contributed by atoms with Gasteiger partial charge in [0.15, 0.2) is 0 Å². The molecule has 0 aliphatic rings. The van der Waals surface area contributed by atoms with E-state index in [0.29, 0.717) is 0 Å². The van der Waals surface area contributed by atoms with Gasteiger partial charge in [-0.3, -0.25) is 0 Å². The summed E-state index contributed by atoms with van der Waals surface area (Å²) < 4.78 is 5.49. The quantitative estimate of drug-likeness (QED) is 0.623. The van der Waals surface area contributed by atoms with Crippen molar-refractivity contribution in [3.8, 4) is 0 Å². The molecule has 0 aromatic heterocycles. The number of hydrogen-bond acceptors (Lipinski definition) is 1. The first-order valence-electron chi connectivity index (χ1n) is 5.17. The van der Waals surface area contributed by atoms with Crippen LogP contribution >= 0.6 is 0 Å². The van der Waals surface area contributed by atoms with E-state index in [2.05, 4.69) is 37.8 Å². The van der Waals surface area contributed by atoms with Gasteiger partial charge in [0.25, 0.3) is 0 Å². The second-order valence-electron chi connectivity index (χ2n) is 3.37. The van der Waals surface area contributed by atoms with Crippen LogP contribution < -0.4 is 0 Å². The lowest BCUT2D eigenvalue weighted by Crippen LogP contribution is -1.97. The van der Waals surface area contributed by atoms with Crippen LogP contribution in [0.5, 0.6) is 0 Å². The largest absolute Gasteiger partial charge is 0.498 e. The van der Waals surface area contributed by atoms with Crippen LogP contribution in [-0.4, -0.2) is 6.61 Å². The predicted octanol–water partition coefficient (Wildman–Crippen LogP) is 3.56. The van der Waals surface area contributed by atoms with Crippen LogP contribution in [-0.2, 0) is 11.2 Å². The van der Waals surface area contributed by atoms with Gasteiger partial charge >= 0.3 is 0 Å². The average molecular weight is 190 g/mol. The van der Waals surface area contributed by atoms with Gasteiger partial charge in [0.2, 0.25) is 0 Å². The summed E-state index contributed by atoms with van der Waals surface area (Å²) in [5.41, 5.74) is 1.32. The lowest BCUT2D eigenvalue weighted by atomic mass is 10.2. The normalized spacial score (nSPS) is 9.79. The van der Waals surface area contributed by atoms with Crippen LogP contribution in [0.15, 0.2) is 42.7 Å². The lowest BCUT2D eigenvalue weighted by molar-refractivity contribution is 0.207. The molecule has 0 aliphatic heterocycles. The van der Waals surface area contributed by atoms with Crippen molar-refractivity contribution in [1.82, 2.24) is 0 Å². The molecule has 1 nitrogen and oxygen atoms in total. The number of benzene rings is 1. The number of rotatable bonds is 6. The van der Waals surface area contributed by atoms with Gasteiger partial charge in [-0.2, -0.15) is 0 Å². The van der Waals surface area contributed by atoms with E-state index in [1.165, 1.54) is 5.56 Å². The minimum Gasteiger partial charge on any atom is -0.498 e. The zero-order valence-electron chi connectivity index (χ0n) is 8.83. The summed E-state index contributed by atoms with van der Waals surface area (Å²) in [6.45, 7) is 6.72. The standard InChI is InChI=1S/C13H18O/c1-3-7-12(2)14-11-10-13-8-5-4-6-9-13/h4-6,8-9H,2-3,7,10-11H2,1H3. The molecule has 0 heterocycles. The third-order valence-electron chi connectivity index (χ3n) is 2.07. The van der Waals surface area contributed by atoms with Crippen LogP contribution in [0.2, 0.25) is 0 Å². The number of allylic oxidation sites excluding steroid dienone is 1. The highest BCUT2D eigenvalue weighted by Gasteiger charge is 1.94. The molecule has 0 radical (unpaired) electrons. The maximum Gasteiger partial charge on any atom is 0.0917 e. The monoisotopic (exact) mass is 190 g/mol. The van der Waals surface area contributed by atoms with E-state index in [1.54, 1.807) is 0 Å². The predicted molar refractivity (Wildman–Crippen MR) is 60.1 cm³/mol. The molecule has 1 heteroatoms. The maximum atomic E-state index is 5.49. The molecule has 0 bridgehead atoms. The van der Waals surface area contributed by atoms with Crippen molar-refractivity contribution in [2.75, 3.05) is 6.61 Å². The van der Waals surface area contributed by atoms with Crippen LogP contribution in [0.4, 0.5) is 0 Å². The topological polar surface area (TPSA) is 9.23 Å². The SMILES string of the molecule is C=C(CCC)OCCc1ccccc1. The fraction of sp³-hybridized carbons (Fsp3) is 0.385. The molecular formula is C13H18O. The molecule has 1 rings (SSSR count). The summed E-state index contributed by atoms with van der Waals surface area (Å²) in [6, 6.07) is 10.4. The van der Waals surface area contributed by atoms with Crippen molar-refractivity contribution in [3.05, 3.63) is 48.2 Å². The molecule has 0 fully saturated rings. The highest BCUT2D eigenvalue weighted by atomic mass is 16.5. The molecular weight excluding hydrogens is 172 g/mol. The Morgan fingerprint density at radius 3 is 2.64 bits per heavy atom. The van der Waals surface area contributed by atoms with Gasteiger partial charge in [-0.15, -0.1) is 0 Å². The molecule has 0 unspecified atom stereocenters. The number of hydrogen-bond donors (Lipinski definition) is 0. The summed E-state index contributed by atoms with van der Waals surface area (Å²) in [6.07, 6.45) is 3.03. The minimum absolute atomic E-state index is 0.739. The first kappa shape index (κ1) is 10.8. The highest BCUT2D eigenvalue weighted by Crippen LogP contribution is 2.05. The third kappa shape index (κ3) is 4.13. The van der Waals surface area contributed by atoms with E-state index in [-0.39, 0.29) is 0 Å². The Hall–Kier alpha value is -1.24. The van der Waals surface area contributed by atoms with Gasteiger partial charge in [0.1, 0.15) is 0 Å². The Labute approximate surface area is 86.4 Å². The van der Waals surface area contributed by atoms with E-state index in [0.717, 1.165) is 31.6 Å². The molecule has 76 valence electrons. The Morgan fingerprint density at radius 1 is 1.29 bits per heavy atom. The van der Waals surface area contributed by atoms with Crippen molar-refractivity contribution < 1.29 is 4.74 Å². The molecule has 0 spiro atoms. The summed E-state index contributed by atoms with van der Waals surface area (Å²) in [5, 5.41) is 0. The molecule has 0 saturated carbocycles. The third-order valence-corrected chi connectivity index (χ3v) is 2.07. The molecule has 0 aliphatic carbocycles. The molecule has 0 amide bonds. The van der Waals surface area contributed by atoms with Crippen molar-refractivity contribution in [2.45, 2.75) is 26.2 Å². The molecule has 0 atom stereocenters. The van der Waals surface area contributed by atoms with E-state index in [4.69, 9.17) is 4.74 Å². The molecule has 1 aromatic carbocycles. The second-order valence-corrected chi connectivity index (χ2v) is 3.37. The van der Waals surface area contributed by atoms with Crippen molar-refractivity contribution >= 4 is 0 Å². The van der Waals surface area contributed by atoms with Crippen molar-refractivity contribution in [2.24, 2.45) is 0 Å². The first-order chi connectivity index (χ1) is 6.83. The Balaban J connectivity index is 2.19. The Morgan fingerprint density at radius 2 is 2.00 bits per heavy atom. The molecule has 1 aromatic rings.